The molecule has 0 spiro atoms. The molecule has 0 bridgehead atoms. The van der Waals surface area contributed by atoms with Crippen LogP contribution in [0.5, 0.6) is 0 Å². The fourth-order valence-electron chi connectivity index (χ4n) is 10.6. The Labute approximate surface area is 537 Å². The van der Waals surface area contributed by atoms with Gasteiger partial charge in [0.25, 0.3) is 0 Å². The van der Waals surface area contributed by atoms with Crippen LogP contribution in [0.4, 0.5) is 0 Å². The summed E-state index contributed by atoms with van der Waals surface area (Å²) in [6.45, 7) is 3.62. The fourth-order valence-corrected chi connectivity index (χ4v) is 11.3. The van der Waals surface area contributed by atoms with Crippen molar-refractivity contribution in [3.63, 3.8) is 0 Å². The number of nitrogens with two attached hydrogens (primary N) is 1. The largest absolute Gasteiger partial charge is 0.472 e. The van der Waals surface area contributed by atoms with E-state index < -0.39 is 26.5 Å². The number of allylic oxidation sites excluding steroid dienone is 16. The quantitative estimate of drug-likeness (QED) is 0.0264. The molecule has 2 atom stereocenters. The monoisotopic (exact) mass is 1240 g/mol. The first-order valence-electron chi connectivity index (χ1n) is 36.7. The van der Waals surface area contributed by atoms with Gasteiger partial charge in [0.1, 0.15) is 6.61 Å². The molecule has 0 aromatic heterocycles. The van der Waals surface area contributed by atoms with Crippen molar-refractivity contribution in [1.29, 1.82) is 0 Å². The first-order chi connectivity index (χ1) is 42.8. The zero-order chi connectivity index (χ0) is 63.0. The standard InChI is InChI=1S/C77H138NO8P/c1-3-5-7-9-11-13-15-17-19-21-23-25-27-29-30-31-32-33-34-35-36-37-38-39-40-41-42-43-44-46-47-49-51-53-55-57-59-61-63-65-67-69-76(79)83-73-75(74-85-87(81,82)84-72-71-78)86-77(80)70-68-66-64-62-60-58-56-54-52-50-48-45-28-26-24-22-20-18-16-14-12-10-8-6-4-2/h6,8,12,14,18,20-21,23-24,26,45,48,52,54,58,60,75H,3-5,7,9-11,13,15-17,19,22,25,27-44,46-47,49-51,53,55-57,59,61-74,78H2,1-2H3,(H,81,82)/b8-6-,14-12-,20-18-,23-21-,26-24-,48-45-,54-52-,60-58-. The second-order valence-electron chi connectivity index (χ2n) is 24.4. The minimum absolute atomic E-state index is 0.0441. The number of rotatable bonds is 69. The molecular weight excluding hydrogens is 1100 g/mol. The number of hydrogen-bond acceptors (Lipinski definition) is 8. The molecule has 0 rings (SSSR count). The van der Waals surface area contributed by atoms with Crippen LogP contribution in [0.15, 0.2) is 97.2 Å². The molecule has 87 heavy (non-hydrogen) atoms. The van der Waals surface area contributed by atoms with Crippen molar-refractivity contribution in [2.24, 2.45) is 5.73 Å². The van der Waals surface area contributed by atoms with E-state index in [0.29, 0.717) is 6.42 Å². The summed E-state index contributed by atoms with van der Waals surface area (Å²) in [4.78, 5) is 35.3. The van der Waals surface area contributed by atoms with Gasteiger partial charge in [-0.1, -0.05) is 336 Å². The molecule has 0 aliphatic rings. The van der Waals surface area contributed by atoms with Crippen molar-refractivity contribution in [2.75, 3.05) is 26.4 Å². The molecule has 0 saturated carbocycles. The summed E-state index contributed by atoms with van der Waals surface area (Å²) < 4.78 is 33.1. The minimum Gasteiger partial charge on any atom is -0.462 e. The van der Waals surface area contributed by atoms with E-state index >= 15 is 0 Å². The van der Waals surface area contributed by atoms with Crippen LogP contribution < -0.4 is 5.73 Å². The predicted octanol–water partition coefficient (Wildman–Crippen LogP) is 24.3. The minimum atomic E-state index is -4.41. The Hall–Kier alpha value is -3.07. The van der Waals surface area contributed by atoms with Crippen LogP contribution in [0.1, 0.15) is 348 Å². The van der Waals surface area contributed by atoms with E-state index in [-0.39, 0.29) is 38.6 Å². The highest BCUT2D eigenvalue weighted by atomic mass is 31.2. The summed E-state index contributed by atoms with van der Waals surface area (Å²) in [5.41, 5.74) is 5.40. The molecule has 10 heteroatoms. The van der Waals surface area contributed by atoms with Crippen LogP contribution in [0.2, 0.25) is 0 Å². The number of carbonyl (C=O) groups is 2. The van der Waals surface area contributed by atoms with Gasteiger partial charge in [0.05, 0.1) is 13.2 Å². The lowest BCUT2D eigenvalue weighted by Crippen LogP contribution is -2.29. The third-order valence-corrected chi connectivity index (χ3v) is 16.9. The molecule has 0 aromatic rings. The van der Waals surface area contributed by atoms with Gasteiger partial charge in [-0.15, -0.1) is 0 Å². The zero-order valence-corrected chi connectivity index (χ0v) is 57.6. The number of hydrogen-bond donors (Lipinski definition) is 2. The summed E-state index contributed by atoms with van der Waals surface area (Å²) in [5.74, 6) is -0.859. The topological polar surface area (TPSA) is 134 Å². The number of carbonyl (C=O) groups excluding carboxylic acids is 2. The number of phosphoric ester groups is 1. The molecule has 504 valence electrons. The normalized spacial score (nSPS) is 13.5. The van der Waals surface area contributed by atoms with E-state index in [1.165, 1.54) is 231 Å². The molecule has 0 saturated heterocycles. The van der Waals surface area contributed by atoms with Crippen molar-refractivity contribution >= 4 is 19.8 Å². The Kier molecular flexibility index (Phi) is 69.5. The number of phosphoric acid groups is 1. The molecule has 3 N–H and O–H groups in total. The summed E-state index contributed by atoms with van der Waals surface area (Å²) in [6, 6.07) is 0. The lowest BCUT2D eigenvalue weighted by molar-refractivity contribution is -0.161. The van der Waals surface area contributed by atoms with Gasteiger partial charge in [-0.3, -0.25) is 18.6 Å². The Bertz CT molecular complexity index is 1750. The molecule has 0 amide bonds. The maximum atomic E-state index is 12.7. The number of esters is 2. The van der Waals surface area contributed by atoms with Gasteiger partial charge in [0.2, 0.25) is 0 Å². The van der Waals surface area contributed by atoms with E-state index in [4.69, 9.17) is 24.3 Å². The maximum absolute atomic E-state index is 12.7. The van der Waals surface area contributed by atoms with Crippen molar-refractivity contribution < 1.29 is 37.6 Å². The van der Waals surface area contributed by atoms with Crippen molar-refractivity contribution in [1.82, 2.24) is 0 Å². The van der Waals surface area contributed by atoms with Crippen LogP contribution in [-0.4, -0.2) is 49.3 Å². The molecule has 0 fully saturated rings. The van der Waals surface area contributed by atoms with Gasteiger partial charge in [-0.05, 0) is 96.3 Å². The van der Waals surface area contributed by atoms with Crippen LogP contribution in [0, 0.1) is 0 Å². The lowest BCUT2D eigenvalue weighted by Gasteiger charge is -2.19. The van der Waals surface area contributed by atoms with Crippen molar-refractivity contribution in [2.45, 2.75) is 354 Å². The average molecular weight is 1240 g/mol. The van der Waals surface area contributed by atoms with E-state index in [1.54, 1.807) is 0 Å². The van der Waals surface area contributed by atoms with Gasteiger partial charge >= 0.3 is 19.8 Å². The molecule has 0 aliphatic heterocycles. The average Bonchev–Trinajstić information content (AvgIpc) is 3.64. The first kappa shape index (κ1) is 83.9. The first-order valence-corrected chi connectivity index (χ1v) is 38.2. The fraction of sp³-hybridized carbons (Fsp3) is 0.766. The maximum Gasteiger partial charge on any atom is 0.472 e. The van der Waals surface area contributed by atoms with E-state index in [0.717, 1.165) is 83.5 Å². The SMILES string of the molecule is CC/C=C\C/C=C\C/C=C\C/C=C\C/C=C\C/C=C\C/C=C\CCCCCC(=O)OC(COC(=O)CCCCCCCCCCCCCCCCCCCCCCCCCCCCCCC/C=C\CCCCCCCCCC)COP(=O)(O)OCCN. The molecule has 9 nitrogen and oxygen atoms in total. The zero-order valence-electron chi connectivity index (χ0n) is 56.7. The molecular formula is C77H138NO8P. The van der Waals surface area contributed by atoms with Crippen LogP contribution in [0.3, 0.4) is 0 Å². The van der Waals surface area contributed by atoms with Crippen LogP contribution >= 0.6 is 7.82 Å². The molecule has 0 aromatic carbocycles. The summed E-state index contributed by atoms with van der Waals surface area (Å²) in [7, 11) is -4.41. The van der Waals surface area contributed by atoms with Crippen molar-refractivity contribution in [3.8, 4) is 0 Å². The Morgan fingerprint density at radius 3 is 0.966 bits per heavy atom. The molecule has 2 unspecified atom stereocenters. The van der Waals surface area contributed by atoms with Gasteiger partial charge in [0, 0.05) is 19.4 Å². The molecule has 0 radical (unpaired) electrons. The molecule has 0 aliphatic carbocycles. The van der Waals surface area contributed by atoms with Gasteiger partial charge in [-0.2, -0.15) is 0 Å². The summed E-state index contributed by atoms with van der Waals surface area (Å²) in [6.07, 6.45) is 98.3. The van der Waals surface area contributed by atoms with Crippen LogP contribution in [0.25, 0.3) is 0 Å². The predicted molar refractivity (Wildman–Crippen MR) is 376 cm³/mol. The second-order valence-corrected chi connectivity index (χ2v) is 25.9. The summed E-state index contributed by atoms with van der Waals surface area (Å²) in [5, 5.41) is 0. The number of ether oxygens (including phenoxy) is 2. The van der Waals surface area contributed by atoms with E-state index in [1.807, 2.05) is 0 Å². The van der Waals surface area contributed by atoms with Gasteiger partial charge < -0.3 is 20.1 Å². The van der Waals surface area contributed by atoms with E-state index in [9.17, 15) is 19.0 Å². The highest BCUT2D eigenvalue weighted by Crippen LogP contribution is 2.43. The molecule has 0 heterocycles. The van der Waals surface area contributed by atoms with Crippen molar-refractivity contribution in [3.05, 3.63) is 97.2 Å². The van der Waals surface area contributed by atoms with E-state index in [2.05, 4.69) is 111 Å². The highest BCUT2D eigenvalue weighted by molar-refractivity contribution is 7.47. The second kappa shape index (κ2) is 72.0. The third-order valence-electron chi connectivity index (χ3n) is 16.0. The highest BCUT2D eigenvalue weighted by Gasteiger charge is 2.26. The van der Waals surface area contributed by atoms with Gasteiger partial charge in [0.15, 0.2) is 6.10 Å². The Morgan fingerprint density at radius 2 is 0.632 bits per heavy atom. The van der Waals surface area contributed by atoms with Crippen LogP contribution in [-0.2, 0) is 32.7 Å². The lowest BCUT2D eigenvalue weighted by atomic mass is 10.0. The summed E-state index contributed by atoms with van der Waals surface area (Å²) >= 11 is 0. The smallest absolute Gasteiger partial charge is 0.462 e. The Balaban J connectivity index is 3.82. The Morgan fingerprint density at radius 1 is 0.356 bits per heavy atom. The third kappa shape index (κ3) is 71.9. The number of unbranched alkanes of at least 4 members (excludes halogenated alkanes) is 40. The van der Waals surface area contributed by atoms with Gasteiger partial charge in [-0.25, -0.2) is 4.57 Å².